The number of alkyl halides is 3. The average molecular weight is 565 g/mol. The number of carbonyl (C=O) groups excluding carboxylic acids is 1. The van der Waals surface area contributed by atoms with Crippen LogP contribution in [0.25, 0.3) is 0 Å². The summed E-state index contributed by atoms with van der Waals surface area (Å²) in [6.07, 6.45) is -1.35. The first-order valence-electron chi connectivity index (χ1n) is 9.78. The first-order chi connectivity index (χ1) is 14.8. The quantitative estimate of drug-likeness (QED) is 0.188. The van der Waals surface area contributed by atoms with Gasteiger partial charge in [0.05, 0.1) is 12.1 Å². The number of guanidine groups is 1. The van der Waals surface area contributed by atoms with Crippen LogP contribution >= 0.6 is 24.0 Å². The zero-order valence-electron chi connectivity index (χ0n) is 17.8. The van der Waals surface area contributed by atoms with Gasteiger partial charge in [-0.1, -0.05) is 12.1 Å². The minimum absolute atomic E-state index is 0. The fourth-order valence-electron chi connectivity index (χ4n) is 2.55. The maximum Gasteiger partial charge on any atom is 0.422 e. The molecule has 0 aliphatic rings. The first kappa shape index (κ1) is 27.5. The number of ether oxygens (including phenoxy) is 1. The van der Waals surface area contributed by atoms with Crippen LogP contribution in [-0.2, 0) is 6.54 Å². The maximum absolute atomic E-state index is 12.5. The summed E-state index contributed by atoms with van der Waals surface area (Å²) in [6, 6.07) is 8.40. The van der Waals surface area contributed by atoms with Crippen molar-refractivity contribution in [2.75, 3.05) is 26.2 Å². The van der Waals surface area contributed by atoms with Gasteiger partial charge in [0.25, 0.3) is 5.91 Å². The van der Waals surface area contributed by atoms with Crippen LogP contribution in [0.4, 0.5) is 13.2 Å². The highest BCUT2D eigenvalue weighted by Gasteiger charge is 2.28. The minimum Gasteiger partial charge on any atom is -0.484 e. The number of nitrogens with one attached hydrogen (secondary N) is 3. The summed E-state index contributed by atoms with van der Waals surface area (Å²) in [5.41, 5.74) is 1.80. The number of hydrogen-bond donors (Lipinski definition) is 3. The molecule has 0 aliphatic heterocycles. The lowest BCUT2D eigenvalue weighted by Crippen LogP contribution is -2.41. The second kappa shape index (κ2) is 13.8. The molecule has 1 amide bonds. The molecule has 1 aromatic heterocycles. The van der Waals surface area contributed by atoms with Crippen molar-refractivity contribution in [1.29, 1.82) is 0 Å². The van der Waals surface area contributed by atoms with Crippen molar-refractivity contribution in [3.05, 3.63) is 59.4 Å². The Morgan fingerprint density at radius 3 is 2.56 bits per heavy atom. The Kier molecular flexibility index (Phi) is 11.8. The fraction of sp³-hybridized carbons (Fsp3) is 0.381. The number of aliphatic imine (C=N–C) groups is 1. The standard InChI is InChI=1S/C21H26F3N5O2.HI/c1-3-26-20(28-10-9-27-19(30)17-5-4-8-25-12-17)29-13-16-7-6-15(2)11-18(16)31-14-21(22,23)24;/h4-8,11-12H,3,9-10,13-14H2,1-2H3,(H,27,30)(H2,26,28,29);1H. The van der Waals surface area contributed by atoms with E-state index in [1.165, 1.54) is 6.20 Å². The van der Waals surface area contributed by atoms with Crippen LogP contribution in [0.3, 0.4) is 0 Å². The third kappa shape index (κ3) is 10.2. The van der Waals surface area contributed by atoms with Crippen molar-refractivity contribution in [3.63, 3.8) is 0 Å². The molecule has 32 heavy (non-hydrogen) atoms. The fourth-order valence-corrected chi connectivity index (χ4v) is 2.55. The minimum atomic E-state index is -4.42. The molecule has 7 nitrogen and oxygen atoms in total. The maximum atomic E-state index is 12.5. The number of benzene rings is 1. The zero-order valence-corrected chi connectivity index (χ0v) is 20.2. The molecule has 0 fully saturated rings. The van der Waals surface area contributed by atoms with Crippen LogP contribution in [0.1, 0.15) is 28.4 Å². The lowest BCUT2D eigenvalue weighted by atomic mass is 10.1. The van der Waals surface area contributed by atoms with Crippen LogP contribution in [0.15, 0.2) is 47.7 Å². The van der Waals surface area contributed by atoms with Crippen LogP contribution < -0.4 is 20.7 Å². The topological polar surface area (TPSA) is 87.6 Å². The van der Waals surface area contributed by atoms with Gasteiger partial charge in [0.15, 0.2) is 12.6 Å². The van der Waals surface area contributed by atoms with E-state index in [0.717, 1.165) is 5.56 Å². The molecule has 3 N–H and O–H groups in total. The van der Waals surface area contributed by atoms with Gasteiger partial charge in [-0.05, 0) is 37.6 Å². The number of carbonyl (C=O) groups is 1. The second-order valence-corrected chi connectivity index (χ2v) is 6.63. The smallest absolute Gasteiger partial charge is 0.422 e. The van der Waals surface area contributed by atoms with E-state index in [-0.39, 0.29) is 42.2 Å². The molecule has 0 radical (unpaired) electrons. The Hall–Kier alpha value is -2.57. The third-order valence-corrected chi connectivity index (χ3v) is 3.99. The van der Waals surface area contributed by atoms with Gasteiger partial charge in [0, 0.05) is 37.6 Å². The van der Waals surface area contributed by atoms with E-state index < -0.39 is 12.8 Å². The van der Waals surface area contributed by atoms with Crippen LogP contribution in [0.2, 0.25) is 0 Å². The molecular formula is C21H27F3IN5O2. The number of halogens is 4. The number of rotatable bonds is 9. The predicted molar refractivity (Wildman–Crippen MR) is 128 cm³/mol. The number of amides is 1. The lowest BCUT2D eigenvalue weighted by molar-refractivity contribution is -0.153. The SMILES string of the molecule is CCNC(=NCc1ccc(C)cc1OCC(F)(F)F)NCCNC(=O)c1cccnc1.I. The third-order valence-electron chi connectivity index (χ3n) is 3.99. The van der Waals surface area contributed by atoms with Gasteiger partial charge in [0.1, 0.15) is 5.75 Å². The Morgan fingerprint density at radius 1 is 1.16 bits per heavy atom. The van der Waals surface area contributed by atoms with Crippen molar-refractivity contribution in [3.8, 4) is 5.75 Å². The lowest BCUT2D eigenvalue weighted by Gasteiger charge is -2.14. The zero-order chi connectivity index (χ0) is 22.7. The summed E-state index contributed by atoms with van der Waals surface area (Å²) in [5, 5.41) is 8.89. The van der Waals surface area contributed by atoms with Gasteiger partial charge in [-0.15, -0.1) is 24.0 Å². The summed E-state index contributed by atoms with van der Waals surface area (Å²) >= 11 is 0. The van der Waals surface area contributed by atoms with E-state index in [1.807, 2.05) is 6.92 Å². The number of pyridine rings is 1. The molecule has 0 aliphatic carbocycles. The Labute approximate surface area is 202 Å². The summed E-state index contributed by atoms with van der Waals surface area (Å²) < 4.78 is 42.5. The monoisotopic (exact) mass is 565 g/mol. The number of aromatic nitrogens is 1. The summed E-state index contributed by atoms with van der Waals surface area (Å²) in [4.78, 5) is 20.3. The van der Waals surface area contributed by atoms with E-state index in [1.54, 1.807) is 43.5 Å². The molecule has 2 aromatic rings. The molecule has 0 saturated heterocycles. The van der Waals surface area contributed by atoms with E-state index in [9.17, 15) is 18.0 Å². The molecule has 11 heteroatoms. The van der Waals surface area contributed by atoms with Gasteiger partial charge in [-0.2, -0.15) is 13.2 Å². The average Bonchev–Trinajstić information content (AvgIpc) is 2.74. The molecule has 0 bridgehead atoms. The van der Waals surface area contributed by atoms with Crippen molar-refractivity contribution >= 4 is 35.8 Å². The Balaban J connectivity index is 0.00000512. The number of hydrogen-bond acceptors (Lipinski definition) is 4. The van der Waals surface area contributed by atoms with Crippen LogP contribution in [0.5, 0.6) is 5.75 Å². The Bertz CT molecular complexity index is 879. The van der Waals surface area contributed by atoms with Crippen LogP contribution in [0, 0.1) is 6.92 Å². The molecule has 1 aromatic carbocycles. The molecule has 1 heterocycles. The molecule has 0 spiro atoms. The van der Waals surface area contributed by atoms with Crippen molar-refractivity contribution in [2.45, 2.75) is 26.6 Å². The highest BCUT2D eigenvalue weighted by Crippen LogP contribution is 2.24. The van der Waals surface area contributed by atoms with E-state index in [0.29, 0.717) is 36.7 Å². The molecule has 0 saturated carbocycles. The molecule has 0 atom stereocenters. The number of aryl methyl sites for hydroxylation is 1. The van der Waals surface area contributed by atoms with E-state index in [2.05, 4.69) is 25.9 Å². The first-order valence-corrected chi connectivity index (χ1v) is 9.78. The molecular weight excluding hydrogens is 538 g/mol. The Morgan fingerprint density at radius 2 is 1.91 bits per heavy atom. The van der Waals surface area contributed by atoms with E-state index >= 15 is 0 Å². The van der Waals surface area contributed by atoms with Gasteiger partial charge < -0.3 is 20.7 Å². The number of nitrogens with zero attached hydrogens (tertiary/aromatic N) is 2. The van der Waals surface area contributed by atoms with Gasteiger partial charge in [-0.25, -0.2) is 4.99 Å². The van der Waals surface area contributed by atoms with Crippen molar-refractivity contribution in [1.82, 2.24) is 20.9 Å². The highest BCUT2D eigenvalue weighted by atomic mass is 127. The van der Waals surface area contributed by atoms with Gasteiger partial charge in [-0.3, -0.25) is 9.78 Å². The predicted octanol–water partition coefficient (Wildman–Crippen LogP) is 3.43. The van der Waals surface area contributed by atoms with Gasteiger partial charge in [0.2, 0.25) is 0 Å². The van der Waals surface area contributed by atoms with Crippen LogP contribution in [-0.4, -0.2) is 49.3 Å². The highest BCUT2D eigenvalue weighted by molar-refractivity contribution is 14.0. The van der Waals surface area contributed by atoms with Gasteiger partial charge >= 0.3 is 6.18 Å². The summed E-state index contributed by atoms with van der Waals surface area (Å²) in [7, 11) is 0. The van der Waals surface area contributed by atoms with Crippen molar-refractivity contribution in [2.24, 2.45) is 4.99 Å². The normalized spacial score (nSPS) is 11.3. The summed E-state index contributed by atoms with van der Waals surface area (Å²) in [6.45, 7) is 3.79. The van der Waals surface area contributed by atoms with E-state index in [4.69, 9.17) is 4.74 Å². The summed E-state index contributed by atoms with van der Waals surface area (Å²) in [5.74, 6) is 0.393. The molecule has 0 unspecified atom stereocenters. The van der Waals surface area contributed by atoms with Crippen molar-refractivity contribution < 1.29 is 22.7 Å². The molecule has 2 rings (SSSR count). The second-order valence-electron chi connectivity index (χ2n) is 6.63. The molecule has 176 valence electrons. The largest absolute Gasteiger partial charge is 0.484 e.